The normalized spacial score (nSPS) is 14.3. The number of thiocarbonyl (C=S) groups is 1. The van der Waals surface area contributed by atoms with Gasteiger partial charge in [0, 0.05) is 0 Å². The van der Waals surface area contributed by atoms with Crippen LogP contribution in [-0.2, 0) is 9.59 Å². The molecule has 1 aromatic rings. The first-order chi connectivity index (χ1) is 11.1. The van der Waals surface area contributed by atoms with E-state index in [0.29, 0.717) is 6.61 Å². The first kappa shape index (κ1) is 17.1. The van der Waals surface area contributed by atoms with Gasteiger partial charge in [-0.25, -0.2) is 0 Å². The van der Waals surface area contributed by atoms with Crippen LogP contribution in [-0.4, -0.2) is 23.5 Å². The number of carbonyl (C=O) groups excluding carboxylic acids is 2. The van der Waals surface area contributed by atoms with Gasteiger partial charge in [-0.05, 0) is 42.4 Å². The third-order valence-corrected chi connectivity index (χ3v) is 3.61. The zero-order valence-corrected chi connectivity index (χ0v) is 13.9. The van der Waals surface area contributed by atoms with Crippen molar-refractivity contribution in [3.05, 3.63) is 35.4 Å². The van der Waals surface area contributed by atoms with E-state index in [-0.39, 0.29) is 10.7 Å². The Morgan fingerprint density at radius 2 is 1.70 bits per heavy atom. The Morgan fingerprint density at radius 1 is 1.04 bits per heavy atom. The number of rotatable bonds is 7. The first-order valence-corrected chi connectivity index (χ1v) is 8.12. The number of nitrogens with one attached hydrogen (secondary N) is 2. The van der Waals surface area contributed by atoms with Gasteiger partial charge in [0.25, 0.3) is 11.8 Å². The largest absolute Gasteiger partial charge is 0.494 e. The molecule has 0 saturated carbocycles. The predicted octanol–water partition coefficient (Wildman–Crippen LogP) is 2.56. The highest BCUT2D eigenvalue weighted by Gasteiger charge is 2.25. The van der Waals surface area contributed by atoms with E-state index in [1.807, 2.05) is 24.3 Å². The van der Waals surface area contributed by atoms with Crippen LogP contribution >= 0.6 is 12.2 Å². The lowest BCUT2D eigenvalue weighted by Crippen LogP contribution is -2.51. The van der Waals surface area contributed by atoms with Gasteiger partial charge >= 0.3 is 0 Å². The highest BCUT2D eigenvalue weighted by molar-refractivity contribution is 7.80. The molecule has 1 aliphatic heterocycles. The van der Waals surface area contributed by atoms with E-state index in [1.54, 1.807) is 0 Å². The minimum absolute atomic E-state index is 0.0315. The standard InChI is InChI=1S/C17H20N2O3S/c1-2-3-4-5-10-22-13-8-6-12(7-9-13)11-14-15(20)18-17(23)19-16(14)21/h6-9,11H,2-5,10H2,1H3,(H2,18,19,20,21,23). The van der Waals surface area contributed by atoms with E-state index in [0.717, 1.165) is 17.7 Å². The highest BCUT2D eigenvalue weighted by Crippen LogP contribution is 2.16. The quantitative estimate of drug-likeness (QED) is 0.348. The van der Waals surface area contributed by atoms with E-state index in [2.05, 4.69) is 17.6 Å². The summed E-state index contributed by atoms with van der Waals surface area (Å²) in [6.07, 6.45) is 6.17. The average molecular weight is 332 g/mol. The zero-order valence-electron chi connectivity index (χ0n) is 13.1. The minimum Gasteiger partial charge on any atom is -0.494 e. The molecule has 0 unspecified atom stereocenters. The maximum Gasteiger partial charge on any atom is 0.263 e. The van der Waals surface area contributed by atoms with Gasteiger partial charge < -0.3 is 4.74 Å². The van der Waals surface area contributed by atoms with E-state index >= 15 is 0 Å². The van der Waals surface area contributed by atoms with Gasteiger partial charge in [0.1, 0.15) is 11.3 Å². The zero-order chi connectivity index (χ0) is 16.7. The minimum atomic E-state index is -0.491. The lowest BCUT2D eigenvalue weighted by molar-refractivity contribution is -0.123. The van der Waals surface area contributed by atoms with Crippen LogP contribution in [0.25, 0.3) is 6.08 Å². The van der Waals surface area contributed by atoms with Crippen LogP contribution in [0.2, 0.25) is 0 Å². The highest BCUT2D eigenvalue weighted by atomic mass is 32.1. The van der Waals surface area contributed by atoms with Crippen LogP contribution in [0.3, 0.4) is 0 Å². The first-order valence-electron chi connectivity index (χ1n) is 7.71. The molecule has 23 heavy (non-hydrogen) atoms. The fraction of sp³-hybridized carbons (Fsp3) is 0.353. The van der Waals surface area contributed by atoms with E-state index in [4.69, 9.17) is 17.0 Å². The van der Waals surface area contributed by atoms with Gasteiger partial charge in [-0.2, -0.15) is 0 Å². The van der Waals surface area contributed by atoms with Crippen LogP contribution in [0, 0.1) is 0 Å². The number of amides is 2. The Kier molecular flexibility index (Phi) is 6.29. The van der Waals surface area contributed by atoms with Gasteiger partial charge in [0.2, 0.25) is 0 Å². The summed E-state index contributed by atoms with van der Waals surface area (Å²) in [5, 5.41) is 4.84. The monoisotopic (exact) mass is 332 g/mol. The summed E-state index contributed by atoms with van der Waals surface area (Å²) in [5.74, 6) is -0.202. The van der Waals surface area contributed by atoms with Crippen LogP contribution in [0.15, 0.2) is 29.8 Å². The Bertz CT molecular complexity index is 601. The van der Waals surface area contributed by atoms with Crippen molar-refractivity contribution < 1.29 is 14.3 Å². The average Bonchev–Trinajstić information content (AvgIpc) is 2.52. The molecule has 0 bridgehead atoms. The van der Waals surface area contributed by atoms with E-state index in [9.17, 15) is 9.59 Å². The second-order valence-electron chi connectivity index (χ2n) is 5.27. The molecule has 1 saturated heterocycles. The summed E-state index contributed by atoms with van der Waals surface area (Å²) in [4.78, 5) is 23.5. The van der Waals surface area contributed by atoms with Gasteiger partial charge in [-0.1, -0.05) is 38.3 Å². The number of unbranched alkanes of at least 4 members (excludes halogenated alkanes) is 3. The van der Waals surface area contributed by atoms with Gasteiger partial charge in [-0.3, -0.25) is 20.2 Å². The Hall–Kier alpha value is -2.21. The SMILES string of the molecule is CCCCCCOc1ccc(C=C2C(=O)NC(=S)NC2=O)cc1. The summed E-state index contributed by atoms with van der Waals surface area (Å²) in [5.41, 5.74) is 0.781. The van der Waals surface area contributed by atoms with Crippen molar-refractivity contribution in [2.45, 2.75) is 32.6 Å². The molecule has 0 spiro atoms. The molecule has 0 atom stereocenters. The fourth-order valence-electron chi connectivity index (χ4n) is 2.15. The lowest BCUT2D eigenvalue weighted by atomic mass is 10.1. The Labute approximate surface area is 141 Å². The summed E-state index contributed by atoms with van der Waals surface area (Å²) in [7, 11) is 0. The maximum atomic E-state index is 11.8. The number of ether oxygens (including phenoxy) is 1. The molecule has 1 fully saturated rings. The topological polar surface area (TPSA) is 67.4 Å². The third kappa shape index (κ3) is 5.17. The van der Waals surface area contributed by atoms with Crippen LogP contribution < -0.4 is 15.4 Å². The third-order valence-electron chi connectivity index (χ3n) is 3.40. The van der Waals surface area contributed by atoms with Crippen molar-refractivity contribution in [1.29, 1.82) is 0 Å². The van der Waals surface area contributed by atoms with Gasteiger partial charge in [0.15, 0.2) is 5.11 Å². The molecule has 0 aromatic heterocycles. The second-order valence-corrected chi connectivity index (χ2v) is 5.68. The van der Waals surface area contributed by atoms with E-state index < -0.39 is 11.8 Å². The molecular formula is C17H20N2O3S. The molecule has 122 valence electrons. The molecule has 2 rings (SSSR count). The number of carbonyl (C=O) groups is 2. The second kappa shape index (κ2) is 8.43. The molecular weight excluding hydrogens is 312 g/mol. The van der Waals surface area contributed by atoms with Crippen molar-refractivity contribution in [2.24, 2.45) is 0 Å². The lowest BCUT2D eigenvalue weighted by Gasteiger charge is -2.16. The molecule has 0 radical (unpaired) electrons. The van der Waals surface area contributed by atoms with Crippen LogP contribution in [0.4, 0.5) is 0 Å². The summed E-state index contributed by atoms with van der Waals surface area (Å²) >= 11 is 4.75. The van der Waals surface area contributed by atoms with Crippen molar-refractivity contribution in [3.63, 3.8) is 0 Å². The summed E-state index contributed by atoms with van der Waals surface area (Å²) in [6, 6.07) is 7.27. The molecule has 0 aliphatic carbocycles. The summed E-state index contributed by atoms with van der Waals surface area (Å²) < 4.78 is 5.66. The van der Waals surface area contributed by atoms with Crippen molar-refractivity contribution in [3.8, 4) is 5.75 Å². The van der Waals surface area contributed by atoms with Crippen molar-refractivity contribution in [2.75, 3.05) is 6.61 Å². The molecule has 5 nitrogen and oxygen atoms in total. The van der Waals surface area contributed by atoms with Crippen molar-refractivity contribution in [1.82, 2.24) is 10.6 Å². The molecule has 6 heteroatoms. The number of hydrogen-bond donors (Lipinski definition) is 2. The molecule has 1 aromatic carbocycles. The van der Waals surface area contributed by atoms with Gasteiger partial charge in [0.05, 0.1) is 6.61 Å². The number of hydrogen-bond acceptors (Lipinski definition) is 4. The van der Waals surface area contributed by atoms with E-state index in [1.165, 1.54) is 25.3 Å². The Balaban J connectivity index is 1.94. The smallest absolute Gasteiger partial charge is 0.263 e. The molecule has 2 N–H and O–H groups in total. The van der Waals surface area contributed by atoms with Gasteiger partial charge in [-0.15, -0.1) is 0 Å². The molecule has 1 heterocycles. The van der Waals surface area contributed by atoms with Crippen LogP contribution in [0.1, 0.15) is 38.2 Å². The molecule has 1 aliphatic rings. The predicted molar refractivity (Wildman–Crippen MR) is 92.9 cm³/mol. The maximum absolute atomic E-state index is 11.8. The van der Waals surface area contributed by atoms with Crippen molar-refractivity contribution >= 4 is 35.2 Å². The van der Waals surface area contributed by atoms with Crippen LogP contribution in [0.5, 0.6) is 5.75 Å². The Morgan fingerprint density at radius 3 is 2.30 bits per heavy atom. The fourth-order valence-corrected chi connectivity index (χ4v) is 2.34. The summed E-state index contributed by atoms with van der Waals surface area (Å²) in [6.45, 7) is 2.87. The molecule has 2 amide bonds. The number of benzene rings is 1.